The van der Waals surface area contributed by atoms with E-state index in [9.17, 15) is 18.7 Å². The van der Waals surface area contributed by atoms with E-state index in [-0.39, 0.29) is 22.3 Å². The fraction of sp³-hybridized carbons (Fsp3) is 0.389. The molecule has 0 amide bonds. The summed E-state index contributed by atoms with van der Waals surface area (Å²) in [5.41, 5.74) is 2.39. The summed E-state index contributed by atoms with van der Waals surface area (Å²) in [6.07, 6.45) is 1.59. The Labute approximate surface area is 152 Å². The number of carboxylic acids is 1. The fourth-order valence-corrected chi connectivity index (χ4v) is 3.63. The Hall–Kier alpha value is -1.73. The van der Waals surface area contributed by atoms with Gasteiger partial charge in [-0.15, -0.1) is 0 Å². The van der Waals surface area contributed by atoms with Gasteiger partial charge in [-0.05, 0) is 46.8 Å². The minimum Gasteiger partial charge on any atom is -0.478 e. The number of halogens is 3. The van der Waals surface area contributed by atoms with E-state index in [2.05, 4.69) is 15.9 Å². The van der Waals surface area contributed by atoms with E-state index in [1.807, 2.05) is 0 Å². The molecule has 1 atom stereocenters. The summed E-state index contributed by atoms with van der Waals surface area (Å²) in [5.74, 6) is -2.30. The van der Waals surface area contributed by atoms with Crippen LogP contribution in [0.15, 0.2) is 39.0 Å². The molecule has 0 saturated heterocycles. The van der Waals surface area contributed by atoms with Gasteiger partial charge in [-0.2, -0.15) is 0 Å². The van der Waals surface area contributed by atoms with Crippen molar-refractivity contribution in [3.63, 3.8) is 0 Å². The van der Waals surface area contributed by atoms with Gasteiger partial charge in [-0.3, -0.25) is 0 Å². The molecule has 4 nitrogen and oxygen atoms in total. The van der Waals surface area contributed by atoms with Gasteiger partial charge in [0.2, 0.25) is 0 Å². The Kier molecular flexibility index (Phi) is 4.97. The highest BCUT2D eigenvalue weighted by Crippen LogP contribution is 2.43. The molecular weight excluding hydrogens is 396 g/mol. The highest BCUT2D eigenvalue weighted by Gasteiger charge is 2.39. The number of ether oxygens (including phenoxy) is 1. The van der Waals surface area contributed by atoms with Crippen molar-refractivity contribution < 1.29 is 23.4 Å². The third-order valence-electron chi connectivity index (χ3n) is 4.55. The molecule has 1 aliphatic heterocycles. The van der Waals surface area contributed by atoms with Crippen molar-refractivity contribution in [2.75, 3.05) is 18.6 Å². The van der Waals surface area contributed by atoms with Gasteiger partial charge < -0.3 is 14.7 Å². The van der Waals surface area contributed by atoms with Crippen LogP contribution < -0.4 is 4.90 Å². The smallest absolute Gasteiger partial charge is 0.337 e. The Morgan fingerprint density at radius 3 is 2.56 bits per heavy atom. The minimum absolute atomic E-state index is 0.0122. The Morgan fingerprint density at radius 2 is 2.04 bits per heavy atom. The van der Waals surface area contributed by atoms with Gasteiger partial charge in [0.1, 0.15) is 17.7 Å². The lowest BCUT2D eigenvalue weighted by molar-refractivity contribution is -0.132. The van der Waals surface area contributed by atoms with Crippen molar-refractivity contribution in [3.8, 4) is 0 Å². The molecule has 1 saturated carbocycles. The second-order valence-corrected chi connectivity index (χ2v) is 6.90. The fourth-order valence-electron chi connectivity index (χ4n) is 3.32. The van der Waals surface area contributed by atoms with E-state index in [0.717, 1.165) is 30.5 Å². The number of aliphatic carboxylic acids is 1. The molecule has 0 bridgehead atoms. The number of hydrogen-bond donors (Lipinski definition) is 1. The third-order valence-corrected chi connectivity index (χ3v) is 5.16. The Balaban J connectivity index is 2.22. The van der Waals surface area contributed by atoms with Gasteiger partial charge in [-0.25, -0.2) is 13.6 Å². The predicted octanol–water partition coefficient (Wildman–Crippen LogP) is 4.40. The number of anilines is 1. The number of rotatable bonds is 4. The summed E-state index contributed by atoms with van der Waals surface area (Å²) in [7, 11) is 1.50. The summed E-state index contributed by atoms with van der Waals surface area (Å²) in [4.78, 5) is 13.5. The lowest BCUT2D eigenvalue weighted by Gasteiger charge is -2.38. The van der Waals surface area contributed by atoms with E-state index in [0.29, 0.717) is 17.7 Å². The first-order chi connectivity index (χ1) is 11.9. The number of carboxylic acid groups (broad SMARTS) is 1. The number of allylic oxidation sites excluding steroid dienone is 2. The van der Waals surface area contributed by atoms with Gasteiger partial charge in [0, 0.05) is 18.9 Å². The maximum Gasteiger partial charge on any atom is 0.337 e. The summed E-state index contributed by atoms with van der Waals surface area (Å²) in [6, 6.07) is 2.13. The maximum absolute atomic E-state index is 14.5. The van der Waals surface area contributed by atoms with E-state index in [1.54, 1.807) is 6.92 Å². The number of methoxy groups -OCH3 is 1. The van der Waals surface area contributed by atoms with Crippen LogP contribution in [0.4, 0.5) is 14.5 Å². The van der Waals surface area contributed by atoms with Crippen LogP contribution in [0.1, 0.15) is 26.2 Å². The molecule has 1 unspecified atom stereocenters. The highest BCUT2D eigenvalue weighted by molar-refractivity contribution is 9.10. The normalized spacial score (nSPS) is 20.4. The van der Waals surface area contributed by atoms with Crippen molar-refractivity contribution in [2.24, 2.45) is 0 Å². The average Bonchev–Trinajstić information content (AvgIpc) is 3.40. The van der Waals surface area contributed by atoms with Crippen LogP contribution in [0, 0.1) is 11.6 Å². The summed E-state index contributed by atoms with van der Waals surface area (Å²) >= 11 is 2.96. The molecule has 0 spiro atoms. The van der Waals surface area contributed by atoms with Crippen molar-refractivity contribution in [2.45, 2.75) is 32.3 Å². The molecule has 3 rings (SSSR count). The standard InChI is InChI=1S/C18H18BrF2NO3/c1-3-13-17(18(23)24)16(9-4-5-9)15(25-2)8-22(13)14-7-11(20)10(19)6-12(14)21/h6-7,15H,3-5,8H2,1-2H3,(H,23,24). The van der Waals surface area contributed by atoms with Crippen LogP contribution in [0.2, 0.25) is 0 Å². The first-order valence-corrected chi connectivity index (χ1v) is 8.81. The molecule has 1 fully saturated rings. The molecule has 7 heteroatoms. The average molecular weight is 414 g/mol. The first kappa shape index (κ1) is 18.1. The van der Waals surface area contributed by atoms with E-state index < -0.39 is 23.7 Å². The van der Waals surface area contributed by atoms with E-state index in [1.165, 1.54) is 12.0 Å². The molecule has 1 heterocycles. The monoisotopic (exact) mass is 413 g/mol. The van der Waals surface area contributed by atoms with Crippen molar-refractivity contribution in [1.29, 1.82) is 0 Å². The van der Waals surface area contributed by atoms with E-state index >= 15 is 0 Å². The molecule has 1 N–H and O–H groups in total. The number of carbonyl (C=O) groups is 1. The SMILES string of the molecule is CCC1=C(C(=O)O)C(=C2CC2)C(OC)CN1c1cc(F)c(Br)cc1F. The molecule has 1 aromatic carbocycles. The molecule has 1 aromatic rings. The summed E-state index contributed by atoms with van der Waals surface area (Å²) in [6.45, 7) is 2.05. The van der Waals surface area contributed by atoms with Gasteiger partial charge >= 0.3 is 5.97 Å². The molecule has 0 radical (unpaired) electrons. The van der Waals surface area contributed by atoms with Crippen LogP contribution in [0.5, 0.6) is 0 Å². The maximum atomic E-state index is 14.5. The predicted molar refractivity (Wildman–Crippen MR) is 93.4 cm³/mol. The zero-order valence-electron chi connectivity index (χ0n) is 13.9. The number of nitrogens with zero attached hydrogens (tertiary/aromatic N) is 1. The summed E-state index contributed by atoms with van der Waals surface area (Å²) < 4.78 is 34.0. The third kappa shape index (κ3) is 3.22. The molecule has 0 aromatic heterocycles. The Morgan fingerprint density at radius 1 is 1.36 bits per heavy atom. The molecular formula is C18H18BrF2NO3. The highest BCUT2D eigenvalue weighted by atomic mass is 79.9. The minimum atomic E-state index is -1.07. The van der Waals surface area contributed by atoms with Gasteiger partial charge in [0.25, 0.3) is 0 Å². The van der Waals surface area contributed by atoms with Crippen molar-refractivity contribution in [3.05, 3.63) is 50.7 Å². The van der Waals surface area contributed by atoms with Crippen LogP contribution in [0.3, 0.4) is 0 Å². The lowest BCUT2D eigenvalue weighted by atomic mass is 9.90. The van der Waals surface area contributed by atoms with Crippen LogP contribution in [-0.2, 0) is 9.53 Å². The zero-order chi connectivity index (χ0) is 18.3. The van der Waals surface area contributed by atoms with E-state index in [4.69, 9.17) is 4.74 Å². The van der Waals surface area contributed by atoms with Gasteiger partial charge in [-0.1, -0.05) is 12.5 Å². The molecule has 134 valence electrons. The van der Waals surface area contributed by atoms with Gasteiger partial charge in [0.05, 0.1) is 22.3 Å². The van der Waals surface area contributed by atoms with Gasteiger partial charge in [0.15, 0.2) is 0 Å². The quantitative estimate of drug-likeness (QED) is 0.743. The van der Waals surface area contributed by atoms with Crippen LogP contribution in [0.25, 0.3) is 0 Å². The lowest BCUT2D eigenvalue weighted by Crippen LogP contribution is -2.42. The first-order valence-electron chi connectivity index (χ1n) is 8.02. The number of benzene rings is 1. The Bertz CT molecular complexity index is 798. The molecule has 1 aliphatic carbocycles. The summed E-state index contributed by atoms with van der Waals surface area (Å²) in [5, 5.41) is 9.78. The second-order valence-electron chi connectivity index (χ2n) is 6.05. The zero-order valence-corrected chi connectivity index (χ0v) is 15.5. The number of hydrogen-bond acceptors (Lipinski definition) is 3. The van der Waals surface area contributed by atoms with Crippen LogP contribution >= 0.6 is 15.9 Å². The van der Waals surface area contributed by atoms with Crippen molar-refractivity contribution >= 4 is 27.6 Å². The van der Waals surface area contributed by atoms with Crippen LogP contribution in [-0.4, -0.2) is 30.8 Å². The molecule has 2 aliphatic rings. The topological polar surface area (TPSA) is 49.8 Å². The van der Waals surface area contributed by atoms with Crippen molar-refractivity contribution in [1.82, 2.24) is 0 Å². The largest absolute Gasteiger partial charge is 0.478 e. The second kappa shape index (κ2) is 6.88. The molecule has 25 heavy (non-hydrogen) atoms.